The van der Waals surface area contributed by atoms with E-state index in [1.165, 1.54) is 11.4 Å². The van der Waals surface area contributed by atoms with Crippen molar-refractivity contribution in [2.75, 3.05) is 4.72 Å². The summed E-state index contributed by atoms with van der Waals surface area (Å²) in [4.78, 5) is 10.7. The van der Waals surface area contributed by atoms with Crippen LogP contribution < -0.4 is 4.72 Å². The monoisotopic (exact) mass is 335 g/mol. The Labute approximate surface area is 122 Å². The minimum atomic E-state index is -3.98. The predicted octanol–water partition coefficient (Wildman–Crippen LogP) is 3.04. The molecule has 0 amide bonds. The van der Waals surface area contributed by atoms with Gasteiger partial charge in [-0.3, -0.25) is 4.72 Å². The summed E-state index contributed by atoms with van der Waals surface area (Å²) in [7, 11) is -3.98. The Hall–Kier alpha value is -1.64. The molecule has 0 aliphatic heterocycles. The highest BCUT2D eigenvalue weighted by atomic mass is 35.5. The van der Waals surface area contributed by atoms with Gasteiger partial charge in [0.15, 0.2) is 0 Å². The van der Waals surface area contributed by atoms with Gasteiger partial charge in [-0.1, -0.05) is 11.6 Å². The third-order valence-electron chi connectivity index (χ3n) is 2.20. The molecular formula is C11H7ClFNO4S2. The Kier molecular flexibility index (Phi) is 3.98. The molecule has 0 aliphatic rings. The molecule has 106 valence electrons. The van der Waals surface area contributed by atoms with Crippen LogP contribution in [-0.4, -0.2) is 19.5 Å². The SMILES string of the molecule is O=C(O)c1csc(S(=O)(=O)Nc2cc(F)cc(Cl)c2)c1. The number of hydrogen-bond acceptors (Lipinski definition) is 4. The van der Waals surface area contributed by atoms with Crippen LogP contribution in [-0.2, 0) is 10.0 Å². The number of rotatable bonds is 4. The van der Waals surface area contributed by atoms with Crippen LogP contribution in [0.25, 0.3) is 0 Å². The van der Waals surface area contributed by atoms with E-state index < -0.39 is 21.8 Å². The van der Waals surface area contributed by atoms with Crippen molar-refractivity contribution in [2.24, 2.45) is 0 Å². The molecule has 5 nitrogen and oxygen atoms in total. The highest BCUT2D eigenvalue weighted by molar-refractivity contribution is 7.94. The van der Waals surface area contributed by atoms with Gasteiger partial charge in [0.1, 0.15) is 10.0 Å². The molecular weight excluding hydrogens is 329 g/mol. The molecule has 0 aliphatic carbocycles. The number of carbonyl (C=O) groups is 1. The minimum absolute atomic E-state index is 0.0414. The zero-order chi connectivity index (χ0) is 14.9. The third-order valence-corrected chi connectivity index (χ3v) is 5.24. The lowest BCUT2D eigenvalue weighted by atomic mass is 10.3. The van der Waals surface area contributed by atoms with Crippen molar-refractivity contribution in [3.8, 4) is 0 Å². The molecule has 0 spiro atoms. The van der Waals surface area contributed by atoms with Crippen LogP contribution in [0, 0.1) is 5.82 Å². The lowest BCUT2D eigenvalue weighted by molar-refractivity contribution is 0.0697. The number of halogens is 2. The van der Waals surface area contributed by atoms with E-state index in [4.69, 9.17) is 16.7 Å². The van der Waals surface area contributed by atoms with E-state index in [9.17, 15) is 17.6 Å². The smallest absolute Gasteiger partial charge is 0.336 e. The molecule has 1 aromatic carbocycles. The number of anilines is 1. The van der Waals surface area contributed by atoms with E-state index in [-0.39, 0.29) is 20.5 Å². The molecule has 2 aromatic rings. The number of nitrogens with one attached hydrogen (secondary N) is 1. The van der Waals surface area contributed by atoms with Gasteiger partial charge in [0, 0.05) is 10.4 Å². The number of aromatic carboxylic acids is 1. The first-order valence-electron chi connectivity index (χ1n) is 5.09. The van der Waals surface area contributed by atoms with E-state index in [1.54, 1.807) is 0 Å². The van der Waals surface area contributed by atoms with Crippen LogP contribution in [0.5, 0.6) is 0 Å². The number of thiophene rings is 1. The summed E-state index contributed by atoms with van der Waals surface area (Å²) in [6.07, 6.45) is 0. The van der Waals surface area contributed by atoms with Crippen LogP contribution in [0.15, 0.2) is 33.9 Å². The van der Waals surface area contributed by atoms with Crippen LogP contribution >= 0.6 is 22.9 Å². The average molecular weight is 336 g/mol. The highest BCUT2D eigenvalue weighted by Crippen LogP contribution is 2.25. The highest BCUT2D eigenvalue weighted by Gasteiger charge is 2.19. The summed E-state index contributed by atoms with van der Waals surface area (Å²) in [5.41, 5.74) is -0.173. The summed E-state index contributed by atoms with van der Waals surface area (Å²) < 4.78 is 39.1. The minimum Gasteiger partial charge on any atom is -0.478 e. The van der Waals surface area contributed by atoms with E-state index in [1.807, 2.05) is 0 Å². The van der Waals surface area contributed by atoms with Crippen LogP contribution in [0.2, 0.25) is 5.02 Å². The molecule has 20 heavy (non-hydrogen) atoms. The number of sulfonamides is 1. The quantitative estimate of drug-likeness (QED) is 0.899. The summed E-state index contributed by atoms with van der Waals surface area (Å²) in [5.74, 6) is -1.91. The second kappa shape index (κ2) is 5.39. The number of carboxylic acid groups (broad SMARTS) is 1. The van der Waals surface area contributed by atoms with Gasteiger partial charge in [0.05, 0.1) is 11.3 Å². The lowest BCUT2D eigenvalue weighted by Gasteiger charge is -2.06. The van der Waals surface area contributed by atoms with Crippen LogP contribution in [0.4, 0.5) is 10.1 Å². The molecule has 2 rings (SSSR count). The van der Waals surface area contributed by atoms with Crippen molar-refractivity contribution in [3.05, 3.63) is 46.0 Å². The molecule has 0 saturated heterocycles. The fraction of sp³-hybridized carbons (Fsp3) is 0. The Bertz CT molecular complexity index is 752. The first-order valence-corrected chi connectivity index (χ1v) is 7.83. The van der Waals surface area contributed by atoms with Gasteiger partial charge in [-0.05, 0) is 24.3 Å². The Morgan fingerprint density at radius 2 is 2.00 bits per heavy atom. The maximum Gasteiger partial charge on any atom is 0.336 e. The van der Waals surface area contributed by atoms with E-state index in [0.29, 0.717) is 0 Å². The molecule has 0 bridgehead atoms. The fourth-order valence-corrected chi connectivity index (χ4v) is 3.80. The summed E-state index contributed by atoms with van der Waals surface area (Å²) in [6.45, 7) is 0. The van der Waals surface area contributed by atoms with Crippen molar-refractivity contribution < 1.29 is 22.7 Å². The normalized spacial score (nSPS) is 11.3. The summed E-state index contributed by atoms with van der Waals surface area (Å²) in [5, 5.41) is 10.00. The van der Waals surface area contributed by atoms with Gasteiger partial charge in [0.25, 0.3) is 10.0 Å². The average Bonchev–Trinajstić information content (AvgIpc) is 2.76. The van der Waals surface area contributed by atoms with Crippen molar-refractivity contribution in [2.45, 2.75) is 4.21 Å². The first-order chi connectivity index (χ1) is 9.28. The van der Waals surface area contributed by atoms with Crippen molar-refractivity contribution >= 4 is 44.6 Å². The fourth-order valence-electron chi connectivity index (χ4n) is 1.39. The van der Waals surface area contributed by atoms with Gasteiger partial charge in [-0.15, -0.1) is 11.3 Å². The van der Waals surface area contributed by atoms with Gasteiger partial charge in [-0.2, -0.15) is 0 Å². The van der Waals surface area contributed by atoms with Crippen molar-refractivity contribution in [1.29, 1.82) is 0 Å². The topological polar surface area (TPSA) is 83.5 Å². The Morgan fingerprint density at radius 3 is 2.55 bits per heavy atom. The van der Waals surface area contributed by atoms with Crippen molar-refractivity contribution in [1.82, 2.24) is 0 Å². The lowest BCUT2D eigenvalue weighted by Crippen LogP contribution is -2.11. The van der Waals surface area contributed by atoms with Crippen LogP contribution in [0.3, 0.4) is 0 Å². The largest absolute Gasteiger partial charge is 0.478 e. The number of hydrogen-bond donors (Lipinski definition) is 2. The molecule has 9 heteroatoms. The second-order valence-electron chi connectivity index (χ2n) is 3.72. The van der Waals surface area contributed by atoms with Gasteiger partial charge < -0.3 is 5.11 Å². The van der Waals surface area contributed by atoms with Crippen molar-refractivity contribution in [3.63, 3.8) is 0 Å². The molecule has 0 saturated carbocycles. The third kappa shape index (κ3) is 3.27. The summed E-state index contributed by atoms with van der Waals surface area (Å²) >= 11 is 6.38. The van der Waals surface area contributed by atoms with Gasteiger partial charge in [-0.25, -0.2) is 17.6 Å². The zero-order valence-corrected chi connectivity index (χ0v) is 12.0. The summed E-state index contributed by atoms with van der Waals surface area (Å²) in [6, 6.07) is 4.27. The second-order valence-corrected chi connectivity index (χ2v) is 6.98. The molecule has 0 fully saturated rings. The molecule has 2 N–H and O–H groups in total. The van der Waals surface area contributed by atoms with E-state index in [0.717, 1.165) is 29.5 Å². The van der Waals surface area contributed by atoms with Gasteiger partial charge >= 0.3 is 5.97 Å². The predicted molar refractivity (Wildman–Crippen MR) is 73.5 cm³/mol. The molecule has 0 atom stereocenters. The maximum atomic E-state index is 13.1. The Morgan fingerprint density at radius 1 is 1.30 bits per heavy atom. The maximum absolute atomic E-state index is 13.1. The zero-order valence-electron chi connectivity index (χ0n) is 9.63. The van der Waals surface area contributed by atoms with Crippen LogP contribution in [0.1, 0.15) is 10.4 Å². The van der Waals surface area contributed by atoms with Gasteiger partial charge in [0.2, 0.25) is 0 Å². The number of carboxylic acids is 1. The standard InChI is InChI=1S/C11H7ClFNO4S2/c12-7-2-8(13)4-9(3-7)14-20(17,18)10-1-6(5-19-10)11(15)16/h1-5,14H,(H,15,16). The molecule has 1 heterocycles. The number of benzene rings is 1. The Balaban J connectivity index is 2.32. The molecule has 0 unspecified atom stereocenters. The molecule has 0 radical (unpaired) electrons. The first kappa shape index (κ1) is 14.8. The molecule has 1 aromatic heterocycles. The van der Waals surface area contributed by atoms with E-state index in [2.05, 4.69) is 4.72 Å². The van der Waals surface area contributed by atoms with E-state index >= 15 is 0 Å².